The van der Waals surface area contributed by atoms with E-state index < -0.39 is 11.7 Å². The van der Waals surface area contributed by atoms with Gasteiger partial charge in [-0.1, -0.05) is 11.8 Å². The second-order valence-electron chi connectivity index (χ2n) is 3.86. The molecule has 3 aromatic heterocycles. The van der Waals surface area contributed by atoms with Crippen molar-refractivity contribution in [1.82, 2.24) is 19.6 Å². The van der Waals surface area contributed by atoms with Gasteiger partial charge in [-0.15, -0.1) is 10.2 Å². The summed E-state index contributed by atoms with van der Waals surface area (Å²) >= 11 is 1.28. The van der Waals surface area contributed by atoms with Crippen LogP contribution in [0.2, 0.25) is 0 Å². The topological polar surface area (TPSA) is 56.2 Å². The summed E-state index contributed by atoms with van der Waals surface area (Å²) in [5.74, 6) is 0.210. The lowest BCUT2D eigenvalue weighted by atomic mass is 10.2. The van der Waals surface area contributed by atoms with Crippen molar-refractivity contribution in [1.29, 1.82) is 0 Å². The Kier molecular flexibility index (Phi) is 2.93. The van der Waals surface area contributed by atoms with Gasteiger partial charge in [0, 0.05) is 6.20 Å². The quantitative estimate of drug-likeness (QED) is 0.681. The summed E-state index contributed by atoms with van der Waals surface area (Å²) in [7, 11) is 0. The first-order valence-electron chi connectivity index (χ1n) is 5.41. The second-order valence-corrected chi connectivity index (χ2v) is 4.62. The zero-order valence-electron chi connectivity index (χ0n) is 10.0. The molecule has 0 aromatic carbocycles. The van der Waals surface area contributed by atoms with E-state index in [-0.39, 0.29) is 11.5 Å². The van der Waals surface area contributed by atoms with Crippen molar-refractivity contribution in [2.24, 2.45) is 0 Å². The van der Waals surface area contributed by atoms with Gasteiger partial charge in [-0.3, -0.25) is 4.40 Å². The minimum Gasteiger partial charge on any atom is -0.410 e. The number of imidazole rings is 1. The molecule has 0 spiro atoms. The first-order chi connectivity index (χ1) is 9.49. The van der Waals surface area contributed by atoms with Crippen molar-refractivity contribution in [3.63, 3.8) is 0 Å². The van der Waals surface area contributed by atoms with E-state index in [0.29, 0.717) is 10.9 Å². The minimum absolute atomic E-state index is 0.165. The Morgan fingerprint density at radius 3 is 2.75 bits per heavy atom. The predicted octanol–water partition coefficient (Wildman–Crippen LogP) is 3.13. The molecule has 3 rings (SSSR count). The number of hydrogen-bond donors (Lipinski definition) is 0. The second kappa shape index (κ2) is 4.51. The molecule has 0 saturated heterocycles. The Morgan fingerprint density at radius 1 is 1.30 bits per heavy atom. The summed E-state index contributed by atoms with van der Waals surface area (Å²) in [5, 5.41) is 7.99. The normalized spacial score (nSPS) is 12.2. The summed E-state index contributed by atoms with van der Waals surface area (Å²) in [4.78, 5) is 3.93. The molecular formula is C11H7F3N4OS. The van der Waals surface area contributed by atoms with E-state index in [2.05, 4.69) is 15.2 Å². The summed E-state index contributed by atoms with van der Waals surface area (Å²) in [6.45, 7) is 0. The van der Waals surface area contributed by atoms with Crippen molar-refractivity contribution in [3.8, 4) is 11.6 Å². The summed E-state index contributed by atoms with van der Waals surface area (Å²) in [6, 6.07) is 1.94. The highest BCUT2D eigenvalue weighted by atomic mass is 32.2. The van der Waals surface area contributed by atoms with Gasteiger partial charge in [0.15, 0.2) is 0 Å². The SMILES string of the molecule is CSc1nnc(-c2cnc3cc(C(F)(F)F)ccn23)o1. The summed E-state index contributed by atoms with van der Waals surface area (Å²) in [6.07, 6.45) is 0.0579. The highest BCUT2D eigenvalue weighted by Crippen LogP contribution is 2.31. The van der Waals surface area contributed by atoms with Crippen LogP contribution in [0.15, 0.2) is 34.2 Å². The first kappa shape index (κ1) is 13.0. The van der Waals surface area contributed by atoms with Crippen molar-refractivity contribution >= 4 is 17.4 Å². The summed E-state index contributed by atoms with van der Waals surface area (Å²) in [5.41, 5.74) is -0.141. The lowest BCUT2D eigenvalue weighted by molar-refractivity contribution is -0.137. The molecule has 5 nitrogen and oxygen atoms in total. The molecule has 3 heterocycles. The zero-order chi connectivity index (χ0) is 14.3. The lowest BCUT2D eigenvalue weighted by Crippen LogP contribution is -2.05. The molecule has 0 fully saturated rings. The molecule has 3 aromatic rings. The highest BCUT2D eigenvalue weighted by molar-refractivity contribution is 7.98. The smallest absolute Gasteiger partial charge is 0.410 e. The van der Waals surface area contributed by atoms with Crippen molar-refractivity contribution in [3.05, 3.63) is 30.1 Å². The molecule has 0 aliphatic rings. The number of hydrogen-bond acceptors (Lipinski definition) is 5. The molecule has 20 heavy (non-hydrogen) atoms. The third-order valence-corrected chi connectivity index (χ3v) is 3.15. The number of nitrogens with zero attached hydrogens (tertiary/aromatic N) is 4. The maximum Gasteiger partial charge on any atom is 0.416 e. The Labute approximate surface area is 114 Å². The third kappa shape index (κ3) is 2.13. The van der Waals surface area contributed by atoms with Gasteiger partial charge in [-0.05, 0) is 18.4 Å². The largest absolute Gasteiger partial charge is 0.416 e. The Hall–Kier alpha value is -2.03. The molecular weight excluding hydrogens is 293 g/mol. The van der Waals surface area contributed by atoms with Gasteiger partial charge >= 0.3 is 6.18 Å². The molecule has 104 valence electrons. The number of fused-ring (bicyclic) bond motifs is 1. The number of alkyl halides is 3. The van der Waals surface area contributed by atoms with Gasteiger partial charge < -0.3 is 4.42 Å². The van der Waals surface area contributed by atoms with E-state index in [1.807, 2.05) is 0 Å². The zero-order valence-corrected chi connectivity index (χ0v) is 10.9. The minimum atomic E-state index is -4.40. The van der Waals surface area contributed by atoms with E-state index in [0.717, 1.165) is 12.1 Å². The molecule has 0 aliphatic heterocycles. The van der Waals surface area contributed by atoms with Crippen LogP contribution in [0.3, 0.4) is 0 Å². The molecule has 0 bridgehead atoms. The van der Waals surface area contributed by atoms with E-state index in [1.165, 1.54) is 28.6 Å². The number of pyridine rings is 1. The molecule has 0 N–H and O–H groups in total. The third-order valence-electron chi connectivity index (χ3n) is 2.64. The average Bonchev–Trinajstić information content (AvgIpc) is 3.02. The highest BCUT2D eigenvalue weighted by Gasteiger charge is 2.31. The number of rotatable bonds is 2. The number of halogens is 3. The van der Waals surface area contributed by atoms with Gasteiger partial charge in [0.25, 0.3) is 11.1 Å². The average molecular weight is 300 g/mol. The van der Waals surface area contributed by atoms with Crippen LogP contribution in [0.4, 0.5) is 13.2 Å². The Morgan fingerprint density at radius 2 is 2.10 bits per heavy atom. The predicted molar refractivity (Wildman–Crippen MR) is 65.3 cm³/mol. The molecule has 0 saturated carbocycles. The van der Waals surface area contributed by atoms with Crippen molar-refractivity contribution in [2.45, 2.75) is 11.4 Å². The maximum atomic E-state index is 12.6. The maximum absolute atomic E-state index is 12.6. The summed E-state index contributed by atoms with van der Waals surface area (Å²) < 4.78 is 44.6. The van der Waals surface area contributed by atoms with Crippen molar-refractivity contribution in [2.75, 3.05) is 6.26 Å². The van der Waals surface area contributed by atoms with Crippen LogP contribution in [0.5, 0.6) is 0 Å². The van der Waals surface area contributed by atoms with Crippen LogP contribution in [0, 0.1) is 0 Å². The lowest BCUT2D eigenvalue weighted by Gasteiger charge is -2.06. The fourth-order valence-electron chi connectivity index (χ4n) is 1.71. The van der Waals surface area contributed by atoms with Crippen LogP contribution in [0.1, 0.15) is 5.56 Å². The van der Waals surface area contributed by atoms with Crippen LogP contribution in [-0.4, -0.2) is 25.8 Å². The number of thioether (sulfide) groups is 1. The Bertz CT molecular complexity index is 764. The van der Waals surface area contributed by atoms with Crippen LogP contribution >= 0.6 is 11.8 Å². The first-order valence-corrected chi connectivity index (χ1v) is 6.63. The number of aromatic nitrogens is 4. The fraction of sp³-hybridized carbons (Fsp3) is 0.182. The van der Waals surface area contributed by atoms with Crippen LogP contribution < -0.4 is 0 Å². The molecule has 0 aliphatic carbocycles. The van der Waals surface area contributed by atoms with E-state index in [9.17, 15) is 13.2 Å². The van der Waals surface area contributed by atoms with E-state index in [4.69, 9.17) is 4.42 Å². The van der Waals surface area contributed by atoms with Gasteiger partial charge in [0.1, 0.15) is 11.3 Å². The van der Waals surface area contributed by atoms with Gasteiger partial charge in [0.2, 0.25) is 0 Å². The van der Waals surface area contributed by atoms with E-state index >= 15 is 0 Å². The van der Waals surface area contributed by atoms with E-state index in [1.54, 1.807) is 6.26 Å². The van der Waals surface area contributed by atoms with Crippen LogP contribution in [-0.2, 0) is 6.18 Å². The van der Waals surface area contributed by atoms with Crippen LogP contribution in [0.25, 0.3) is 17.2 Å². The molecule has 9 heteroatoms. The van der Waals surface area contributed by atoms with Gasteiger partial charge in [0.05, 0.1) is 11.8 Å². The molecule has 0 amide bonds. The monoisotopic (exact) mass is 300 g/mol. The Balaban J connectivity index is 2.10. The van der Waals surface area contributed by atoms with Gasteiger partial charge in [-0.25, -0.2) is 4.98 Å². The standard InChI is InChI=1S/C11H7F3N4OS/c1-20-10-17-16-9(19-10)7-5-15-8-4-6(11(12,13)14)2-3-18(7)8/h2-5H,1H3. The van der Waals surface area contributed by atoms with Gasteiger partial charge in [-0.2, -0.15) is 13.2 Å². The van der Waals surface area contributed by atoms with Crippen molar-refractivity contribution < 1.29 is 17.6 Å². The molecule has 0 unspecified atom stereocenters. The molecule has 0 atom stereocenters. The fourth-order valence-corrected chi connectivity index (χ4v) is 2.00. The molecule has 0 radical (unpaired) electrons.